The third-order valence-electron chi connectivity index (χ3n) is 4.49. The lowest BCUT2D eigenvalue weighted by atomic mass is 10.4. The molecule has 0 fully saturated rings. The van der Waals surface area contributed by atoms with Crippen molar-refractivity contribution in [1.29, 1.82) is 0 Å². The highest BCUT2D eigenvalue weighted by Crippen LogP contribution is 2.31. The highest BCUT2D eigenvalue weighted by Gasteiger charge is 2.31. The molecule has 0 saturated carbocycles. The molecule has 0 N–H and O–H groups in total. The van der Waals surface area contributed by atoms with Crippen LogP contribution in [0.4, 0.5) is 0 Å². The minimum Gasteiger partial charge on any atom is -0.269 e. The van der Waals surface area contributed by atoms with Crippen LogP contribution in [0.1, 0.15) is 20.8 Å². The molecule has 0 aliphatic carbocycles. The van der Waals surface area contributed by atoms with Crippen molar-refractivity contribution < 1.29 is 4.21 Å². The monoisotopic (exact) mass is 409 g/mol. The van der Waals surface area contributed by atoms with Gasteiger partial charge in [-0.05, 0) is 54.5 Å². The standard InChI is InChI=1S/C18H24BrNOSSi/c1-4-23(5-2,6-3)20-22(21,17-10-8-7-9-11-17)18-14-12-16(19)13-15-18/h7-15H,4-6H2,1-3H3. The van der Waals surface area contributed by atoms with Crippen LogP contribution in [0.3, 0.4) is 0 Å². The summed E-state index contributed by atoms with van der Waals surface area (Å²) in [6, 6.07) is 20.6. The lowest BCUT2D eigenvalue weighted by Crippen LogP contribution is -2.30. The van der Waals surface area contributed by atoms with E-state index in [-0.39, 0.29) is 0 Å². The van der Waals surface area contributed by atoms with Crippen LogP contribution in [0, 0.1) is 0 Å². The Bertz CT molecular complexity index is 740. The fourth-order valence-corrected chi connectivity index (χ4v) is 10.3. The number of benzene rings is 2. The Morgan fingerprint density at radius 3 is 1.83 bits per heavy atom. The summed E-state index contributed by atoms with van der Waals surface area (Å²) in [5.74, 6) is 0. The normalized spacial score (nSPS) is 14.3. The van der Waals surface area contributed by atoms with Crippen molar-refractivity contribution in [2.75, 3.05) is 0 Å². The smallest absolute Gasteiger partial charge is 0.193 e. The molecular formula is C18H24BrNOSSi. The van der Waals surface area contributed by atoms with Crippen LogP contribution in [-0.4, -0.2) is 12.4 Å². The maximum atomic E-state index is 14.0. The number of rotatable bonds is 6. The molecule has 0 saturated heterocycles. The maximum absolute atomic E-state index is 14.0. The Kier molecular flexibility index (Phi) is 6.23. The summed E-state index contributed by atoms with van der Waals surface area (Å²) >= 11 is 3.46. The molecule has 0 amide bonds. The van der Waals surface area contributed by atoms with E-state index in [0.29, 0.717) is 0 Å². The van der Waals surface area contributed by atoms with Crippen LogP contribution in [0.2, 0.25) is 18.1 Å². The van der Waals surface area contributed by atoms with Crippen molar-refractivity contribution in [2.24, 2.45) is 4.03 Å². The molecule has 1 atom stereocenters. The van der Waals surface area contributed by atoms with E-state index in [1.54, 1.807) is 0 Å². The SMILES string of the molecule is CC[Si](CC)(CC)N=S(=O)(c1ccccc1)c1ccc(Br)cc1. The number of hydrogen-bond donors (Lipinski definition) is 0. The Balaban J connectivity index is 2.76. The Hall–Kier alpha value is -0.913. The molecule has 0 aliphatic heterocycles. The number of hydrogen-bond acceptors (Lipinski definition) is 2. The van der Waals surface area contributed by atoms with Gasteiger partial charge >= 0.3 is 0 Å². The van der Waals surface area contributed by atoms with Gasteiger partial charge < -0.3 is 0 Å². The van der Waals surface area contributed by atoms with E-state index in [1.165, 1.54) is 0 Å². The first kappa shape index (κ1) is 18.4. The third-order valence-corrected chi connectivity index (χ3v) is 13.4. The van der Waals surface area contributed by atoms with Gasteiger partial charge in [0.2, 0.25) is 0 Å². The highest BCUT2D eigenvalue weighted by atomic mass is 79.9. The van der Waals surface area contributed by atoms with Crippen molar-refractivity contribution >= 4 is 33.9 Å². The number of nitrogens with zero attached hydrogens (tertiary/aromatic N) is 1. The maximum Gasteiger partial charge on any atom is 0.193 e. The van der Waals surface area contributed by atoms with Crippen LogP contribution in [0.5, 0.6) is 0 Å². The van der Waals surface area contributed by atoms with Crippen molar-refractivity contribution in [1.82, 2.24) is 0 Å². The first-order valence-electron chi connectivity index (χ1n) is 8.08. The van der Waals surface area contributed by atoms with Gasteiger partial charge in [0.25, 0.3) is 0 Å². The van der Waals surface area contributed by atoms with Crippen molar-refractivity contribution in [3.05, 3.63) is 59.1 Å². The van der Waals surface area contributed by atoms with E-state index in [1.807, 2.05) is 54.6 Å². The van der Waals surface area contributed by atoms with E-state index in [0.717, 1.165) is 32.4 Å². The fraction of sp³-hybridized carbons (Fsp3) is 0.333. The van der Waals surface area contributed by atoms with Gasteiger partial charge in [0.1, 0.15) is 0 Å². The Morgan fingerprint density at radius 2 is 1.35 bits per heavy atom. The molecule has 2 aromatic rings. The minimum absolute atomic E-state index is 0.805. The van der Waals surface area contributed by atoms with Gasteiger partial charge in [-0.3, -0.25) is 4.03 Å². The van der Waals surface area contributed by atoms with E-state index in [2.05, 4.69) is 36.7 Å². The molecule has 23 heavy (non-hydrogen) atoms. The molecule has 124 valence electrons. The van der Waals surface area contributed by atoms with Gasteiger partial charge in [-0.1, -0.05) is 54.9 Å². The first-order chi connectivity index (χ1) is 11.0. The molecule has 0 bridgehead atoms. The van der Waals surface area contributed by atoms with Gasteiger partial charge in [0.15, 0.2) is 8.24 Å². The largest absolute Gasteiger partial charge is 0.269 e. The summed E-state index contributed by atoms with van der Waals surface area (Å²) in [7, 11) is -4.49. The summed E-state index contributed by atoms with van der Waals surface area (Å²) in [6.07, 6.45) is 0. The molecule has 2 rings (SSSR count). The van der Waals surface area contributed by atoms with Crippen LogP contribution >= 0.6 is 15.9 Å². The summed E-state index contributed by atoms with van der Waals surface area (Å²) in [4.78, 5) is 1.62. The van der Waals surface area contributed by atoms with Crippen molar-refractivity contribution in [3.8, 4) is 0 Å². The topological polar surface area (TPSA) is 29.4 Å². The average molecular weight is 410 g/mol. The van der Waals surface area contributed by atoms with Crippen molar-refractivity contribution in [2.45, 2.75) is 48.7 Å². The average Bonchev–Trinajstić information content (AvgIpc) is 2.61. The Morgan fingerprint density at radius 1 is 0.870 bits per heavy atom. The summed E-state index contributed by atoms with van der Waals surface area (Å²) in [5, 5.41) is 0. The molecule has 0 radical (unpaired) electrons. The molecule has 0 heterocycles. The van der Waals surface area contributed by atoms with Crippen LogP contribution in [-0.2, 0) is 9.73 Å². The van der Waals surface area contributed by atoms with Crippen LogP contribution < -0.4 is 0 Å². The van der Waals surface area contributed by atoms with Crippen molar-refractivity contribution in [3.63, 3.8) is 0 Å². The molecule has 2 aromatic carbocycles. The Labute approximate surface area is 149 Å². The van der Waals surface area contributed by atoms with Gasteiger partial charge in [0.05, 0.1) is 19.5 Å². The molecule has 0 aromatic heterocycles. The van der Waals surface area contributed by atoms with E-state index in [9.17, 15) is 4.21 Å². The molecule has 1 unspecified atom stereocenters. The zero-order chi connectivity index (χ0) is 16.9. The predicted molar refractivity (Wildman–Crippen MR) is 105 cm³/mol. The number of halogens is 1. The second-order valence-electron chi connectivity index (χ2n) is 5.67. The summed E-state index contributed by atoms with van der Waals surface area (Å²) in [5.41, 5.74) is 0. The van der Waals surface area contributed by atoms with E-state index in [4.69, 9.17) is 4.03 Å². The van der Waals surface area contributed by atoms with Gasteiger partial charge in [-0.2, -0.15) is 0 Å². The summed E-state index contributed by atoms with van der Waals surface area (Å²) in [6.45, 7) is 6.57. The highest BCUT2D eigenvalue weighted by molar-refractivity contribution is 9.10. The van der Waals surface area contributed by atoms with Gasteiger partial charge in [-0.15, -0.1) is 0 Å². The van der Waals surface area contributed by atoms with Gasteiger partial charge in [-0.25, -0.2) is 4.21 Å². The minimum atomic E-state index is -2.59. The van der Waals surface area contributed by atoms with E-state index < -0.39 is 18.0 Å². The molecule has 5 heteroatoms. The fourth-order valence-electron chi connectivity index (χ4n) is 2.68. The zero-order valence-electron chi connectivity index (χ0n) is 14.0. The lowest BCUT2D eigenvalue weighted by molar-refractivity contribution is 0.677. The second kappa shape index (κ2) is 7.77. The molecular weight excluding hydrogens is 386 g/mol. The second-order valence-corrected chi connectivity index (χ2v) is 13.9. The molecule has 0 aliphatic rings. The third kappa shape index (κ3) is 3.95. The summed E-state index contributed by atoms with van der Waals surface area (Å²) < 4.78 is 20.1. The molecule has 0 spiro atoms. The first-order valence-corrected chi connectivity index (χ1v) is 13.0. The van der Waals surface area contributed by atoms with Gasteiger partial charge in [0, 0.05) is 4.47 Å². The van der Waals surface area contributed by atoms with Crippen LogP contribution in [0.15, 0.2) is 72.9 Å². The molecule has 2 nitrogen and oxygen atoms in total. The van der Waals surface area contributed by atoms with E-state index >= 15 is 0 Å². The lowest BCUT2D eigenvalue weighted by Gasteiger charge is -2.25. The zero-order valence-corrected chi connectivity index (χ0v) is 17.4. The predicted octanol–water partition coefficient (Wildman–Crippen LogP) is 6.34. The quantitative estimate of drug-likeness (QED) is 0.511. The van der Waals surface area contributed by atoms with Crippen LogP contribution in [0.25, 0.3) is 0 Å².